The van der Waals surface area contributed by atoms with Crippen LogP contribution in [0.3, 0.4) is 0 Å². The maximum Gasteiger partial charge on any atom is 0.240 e. The normalized spacial score (nSPS) is 17.7. The predicted molar refractivity (Wildman–Crippen MR) is 84.3 cm³/mol. The molecule has 106 valence electrons. The number of nitrogens with zero attached hydrogens (tertiary/aromatic N) is 2. The van der Waals surface area contributed by atoms with Crippen molar-refractivity contribution in [2.24, 2.45) is 5.10 Å². The van der Waals surface area contributed by atoms with Crippen molar-refractivity contribution in [3.8, 4) is 0 Å². The molecule has 1 amide bonds. The lowest BCUT2D eigenvalue weighted by Gasteiger charge is -2.21. The van der Waals surface area contributed by atoms with Crippen LogP contribution in [0.1, 0.15) is 30.5 Å². The first-order chi connectivity index (χ1) is 10.2. The third-order valence-electron chi connectivity index (χ3n) is 3.60. The first-order valence-electron chi connectivity index (χ1n) is 6.84. The Morgan fingerprint density at radius 2 is 1.81 bits per heavy atom. The molecule has 3 rings (SSSR count). The zero-order valence-corrected chi connectivity index (χ0v) is 12.4. The second-order valence-electron chi connectivity index (χ2n) is 5.02. The minimum Gasteiger partial charge on any atom is -0.273 e. The molecule has 21 heavy (non-hydrogen) atoms. The Kier molecular flexibility index (Phi) is 3.76. The van der Waals surface area contributed by atoms with E-state index < -0.39 is 0 Å². The van der Waals surface area contributed by atoms with Crippen LogP contribution in [-0.4, -0.2) is 16.6 Å². The number of benzene rings is 2. The molecule has 1 aliphatic rings. The maximum absolute atomic E-state index is 11.9. The van der Waals surface area contributed by atoms with Gasteiger partial charge in [-0.2, -0.15) is 5.10 Å². The Labute approximate surface area is 128 Å². The van der Waals surface area contributed by atoms with Gasteiger partial charge in [-0.25, -0.2) is 5.01 Å². The van der Waals surface area contributed by atoms with Gasteiger partial charge < -0.3 is 0 Å². The van der Waals surface area contributed by atoms with E-state index in [9.17, 15) is 4.79 Å². The first kappa shape index (κ1) is 13.8. The largest absolute Gasteiger partial charge is 0.273 e. The number of hydrogen-bond donors (Lipinski definition) is 0. The highest BCUT2D eigenvalue weighted by atomic mass is 35.5. The Balaban J connectivity index is 1.98. The summed E-state index contributed by atoms with van der Waals surface area (Å²) in [5.41, 5.74) is 2.89. The quantitative estimate of drug-likeness (QED) is 0.823. The van der Waals surface area contributed by atoms with Gasteiger partial charge in [-0.05, 0) is 17.2 Å². The summed E-state index contributed by atoms with van der Waals surface area (Å²) in [6.07, 6.45) is 0.674. The minimum atomic E-state index is -0.133. The number of amides is 1. The third kappa shape index (κ3) is 2.69. The summed E-state index contributed by atoms with van der Waals surface area (Å²) in [6, 6.07) is 17.4. The van der Waals surface area contributed by atoms with E-state index in [2.05, 4.69) is 5.10 Å². The summed E-state index contributed by atoms with van der Waals surface area (Å²) >= 11 is 6.28. The van der Waals surface area contributed by atoms with Crippen LogP contribution in [0.15, 0.2) is 59.7 Å². The predicted octanol–water partition coefficient (Wildman–Crippen LogP) is 4.04. The molecule has 0 aromatic heterocycles. The fourth-order valence-electron chi connectivity index (χ4n) is 2.59. The summed E-state index contributed by atoms with van der Waals surface area (Å²) in [5.74, 6) is -0.0779. The van der Waals surface area contributed by atoms with Gasteiger partial charge in [0.25, 0.3) is 0 Å². The van der Waals surface area contributed by atoms with Gasteiger partial charge >= 0.3 is 0 Å². The van der Waals surface area contributed by atoms with Crippen LogP contribution in [0.5, 0.6) is 0 Å². The van der Waals surface area contributed by atoms with E-state index in [1.54, 1.807) is 0 Å². The van der Waals surface area contributed by atoms with E-state index in [-0.39, 0.29) is 11.9 Å². The Bertz CT molecular complexity index is 697. The van der Waals surface area contributed by atoms with Crippen LogP contribution in [0.25, 0.3) is 0 Å². The molecule has 0 radical (unpaired) electrons. The molecule has 0 fully saturated rings. The average molecular weight is 299 g/mol. The van der Waals surface area contributed by atoms with Crippen molar-refractivity contribution in [2.45, 2.75) is 19.4 Å². The van der Waals surface area contributed by atoms with Crippen molar-refractivity contribution in [3.05, 3.63) is 70.7 Å². The van der Waals surface area contributed by atoms with Crippen LogP contribution in [0.4, 0.5) is 0 Å². The second kappa shape index (κ2) is 5.70. The smallest absolute Gasteiger partial charge is 0.240 e. The number of halogens is 1. The minimum absolute atomic E-state index is 0.0779. The van der Waals surface area contributed by atoms with E-state index in [1.807, 2.05) is 54.6 Å². The highest BCUT2D eigenvalue weighted by molar-refractivity contribution is 6.31. The summed E-state index contributed by atoms with van der Waals surface area (Å²) in [7, 11) is 0. The molecule has 0 N–H and O–H groups in total. The third-order valence-corrected chi connectivity index (χ3v) is 3.95. The van der Waals surface area contributed by atoms with E-state index in [0.717, 1.165) is 16.8 Å². The topological polar surface area (TPSA) is 32.7 Å². The molecule has 0 bridgehead atoms. The lowest BCUT2D eigenvalue weighted by molar-refractivity contribution is -0.130. The van der Waals surface area contributed by atoms with Gasteiger partial charge in [0.2, 0.25) is 5.91 Å². The van der Waals surface area contributed by atoms with Gasteiger partial charge in [0.1, 0.15) is 0 Å². The van der Waals surface area contributed by atoms with Gasteiger partial charge in [0.15, 0.2) is 0 Å². The van der Waals surface area contributed by atoms with Gasteiger partial charge in [-0.1, -0.05) is 60.1 Å². The van der Waals surface area contributed by atoms with E-state index >= 15 is 0 Å². The highest BCUT2D eigenvalue weighted by Crippen LogP contribution is 2.36. The van der Waals surface area contributed by atoms with Crippen molar-refractivity contribution >= 4 is 23.2 Å². The summed E-state index contributed by atoms with van der Waals surface area (Å²) in [6.45, 7) is 1.53. The van der Waals surface area contributed by atoms with Gasteiger partial charge in [-0.15, -0.1) is 0 Å². The molecule has 1 aliphatic heterocycles. The van der Waals surface area contributed by atoms with Crippen molar-refractivity contribution in [2.75, 3.05) is 0 Å². The van der Waals surface area contributed by atoms with Gasteiger partial charge in [0, 0.05) is 18.4 Å². The summed E-state index contributed by atoms with van der Waals surface area (Å²) < 4.78 is 0. The monoisotopic (exact) mass is 298 g/mol. The molecule has 4 heteroatoms. The average Bonchev–Trinajstić information content (AvgIpc) is 2.94. The second-order valence-corrected chi connectivity index (χ2v) is 5.42. The van der Waals surface area contributed by atoms with Gasteiger partial charge in [0.05, 0.1) is 11.8 Å². The number of hydrogen-bond acceptors (Lipinski definition) is 2. The number of rotatable bonds is 2. The Morgan fingerprint density at radius 3 is 2.48 bits per heavy atom. The molecule has 0 spiro atoms. The van der Waals surface area contributed by atoms with Crippen LogP contribution in [0.2, 0.25) is 5.02 Å². The molecule has 0 unspecified atom stereocenters. The van der Waals surface area contributed by atoms with Gasteiger partial charge in [-0.3, -0.25) is 4.79 Å². The lowest BCUT2D eigenvalue weighted by Crippen LogP contribution is -2.24. The highest BCUT2D eigenvalue weighted by Gasteiger charge is 2.32. The molecular formula is C17H15ClN2O. The SMILES string of the molecule is CC(=O)N1N=C(c2ccccc2)C[C@H]1c1ccccc1Cl. The molecule has 0 saturated heterocycles. The van der Waals surface area contributed by atoms with Crippen molar-refractivity contribution in [1.82, 2.24) is 5.01 Å². The zero-order chi connectivity index (χ0) is 14.8. The number of carbonyl (C=O) groups is 1. The molecule has 2 aromatic rings. The summed E-state index contributed by atoms with van der Waals surface area (Å²) in [4.78, 5) is 11.9. The van der Waals surface area contributed by atoms with Crippen LogP contribution >= 0.6 is 11.6 Å². The van der Waals surface area contributed by atoms with E-state index in [1.165, 1.54) is 11.9 Å². The Morgan fingerprint density at radius 1 is 1.14 bits per heavy atom. The number of carbonyl (C=O) groups excluding carboxylic acids is 1. The van der Waals surface area contributed by atoms with Crippen molar-refractivity contribution in [3.63, 3.8) is 0 Å². The number of hydrazone groups is 1. The molecule has 0 saturated carbocycles. The lowest BCUT2D eigenvalue weighted by atomic mass is 9.98. The maximum atomic E-state index is 11.9. The molecule has 1 heterocycles. The zero-order valence-electron chi connectivity index (χ0n) is 11.7. The molecule has 0 aliphatic carbocycles. The molecular weight excluding hydrogens is 284 g/mol. The molecule has 1 atom stereocenters. The fraction of sp³-hybridized carbons (Fsp3) is 0.176. The molecule has 2 aromatic carbocycles. The van der Waals surface area contributed by atoms with E-state index in [4.69, 9.17) is 11.6 Å². The first-order valence-corrected chi connectivity index (χ1v) is 7.21. The molecule has 3 nitrogen and oxygen atoms in total. The Hall–Kier alpha value is -2.13. The van der Waals surface area contributed by atoms with Crippen LogP contribution in [0, 0.1) is 0 Å². The summed E-state index contributed by atoms with van der Waals surface area (Å²) in [5, 5.41) is 6.69. The van der Waals surface area contributed by atoms with E-state index in [0.29, 0.717) is 11.4 Å². The van der Waals surface area contributed by atoms with Crippen molar-refractivity contribution in [1.29, 1.82) is 0 Å². The fourth-order valence-corrected chi connectivity index (χ4v) is 2.85. The standard InChI is InChI=1S/C17H15ClN2O/c1-12(21)20-17(14-9-5-6-10-15(14)18)11-16(19-20)13-7-3-2-4-8-13/h2-10,17H,11H2,1H3/t17-/m0/s1. The van der Waals surface area contributed by atoms with Crippen molar-refractivity contribution < 1.29 is 4.79 Å². The van der Waals surface area contributed by atoms with Crippen LogP contribution in [-0.2, 0) is 4.79 Å². The van der Waals surface area contributed by atoms with Crippen LogP contribution < -0.4 is 0 Å².